The van der Waals surface area contributed by atoms with Gasteiger partial charge in [0.15, 0.2) is 5.11 Å². The van der Waals surface area contributed by atoms with Crippen molar-refractivity contribution < 1.29 is 4.92 Å². The molecular weight excluding hydrogens is 240 g/mol. The summed E-state index contributed by atoms with van der Waals surface area (Å²) in [6.45, 7) is 2.62. The number of benzene rings is 1. The van der Waals surface area contributed by atoms with E-state index in [4.69, 9.17) is 12.2 Å². The molecule has 90 valence electrons. The standard InChI is InChI=1S/C10H12N4O2S/c1-2-11-10(17)13-12-7-8-4-3-5-9(6-8)14(15)16/h3-7H,2H2,1H3,(H2,11,13,17)/b12-7-. The molecule has 0 amide bonds. The molecule has 2 N–H and O–H groups in total. The van der Waals surface area contributed by atoms with Crippen LogP contribution >= 0.6 is 12.2 Å². The fraction of sp³-hybridized carbons (Fsp3) is 0.200. The van der Waals surface area contributed by atoms with Crippen LogP contribution in [0.3, 0.4) is 0 Å². The van der Waals surface area contributed by atoms with Gasteiger partial charge in [-0.05, 0) is 19.1 Å². The van der Waals surface area contributed by atoms with E-state index in [-0.39, 0.29) is 5.69 Å². The van der Waals surface area contributed by atoms with Crippen molar-refractivity contribution in [2.75, 3.05) is 6.54 Å². The fourth-order valence-electron chi connectivity index (χ4n) is 1.08. The summed E-state index contributed by atoms with van der Waals surface area (Å²) in [6.07, 6.45) is 1.47. The van der Waals surface area contributed by atoms with Crippen molar-refractivity contribution in [3.8, 4) is 0 Å². The minimum atomic E-state index is -0.450. The summed E-state index contributed by atoms with van der Waals surface area (Å²) in [5.74, 6) is 0. The second-order valence-electron chi connectivity index (χ2n) is 3.08. The Morgan fingerprint density at radius 3 is 3.06 bits per heavy atom. The van der Waals surface area contributed by atoms with E-state index in [2.05, 4.69) is 15.8 Å². The molecule has 1 aromatic carbocycles. The van der Waals surface area contributed by atoms with Gasteiger partial charge in [-0.25, -0.2) is 0 Å². The van der Waals surface area contributed by atoms with Crippen LogP contribution in [0.25, 0.3) is 0 Å². The van der Waals surface area contributed by atoms with Gasteiger partial charge in [0.1, 0.15) is 0 Å². The Hall–Kier alpha value is -2.02. The Labute approximate surface area is 104 Å². The first-order valence-electron chi connectivity index (χ1n) is 4.95. The van der Waals surface area contributed by atoms with Crippen LogP contribution in [0.5, 0.6) is 0 Å². The minimum Gasteiger partial charge on any atom is -0.362 e. The van der Waals surface area contributed by atoms with Crippen molar-refractivity contribution in [3.05, 3.63) is 39.9 Å². The number of hydrogen-bond acceptors (Lipinski definition) is 4. The van der Waals surface area contributed by atoms with Gasteiger partial charge < -0.3 is 5.32 Å². The second kappa shape index (κ2) is 6.54. The van der Waals surface area contributed by atoms with E-state index in [1.54, 1.807) is 12.1 Å². The highest BCUT2D eigenvalue weighted by atomic mass is 32.1. The van der Waals surface area contributed by atoms with Gasteiger partial charge in [-0.1, -0.05) is 12.1 Å². The van der Waals surface area contributed by atoms with Gasteiger partial charge in [0.2, 0.25) is 0 Å². The summed E-state index contributed by atoms with van der Waals surface area (Å²) in [4.78, 5) is 10.1. The third-order valence-corrected chi connectivity index (χ3v) is 2.03. The summed E-state index contributed by atoms with van der Waals surface area (Å²) in [5, 5.41) is 17.7. The van der Waals surface area contributed by atoms with Crippen LogP contribution in [0.15, 0.2) is 29.4 Å². The third-order valence-electron chi connectivity index (χ3n) is 1.80. The second-order valence-corrected chi connectivity index (χ2v) is 3.49. The largest absolute Gasteiger partial charge is 0.362 e. The number of nitrogens with one attached hydrogen (secondary N) is 2. The highest BCUT2D eigenvalue weighted by Gasteiger charge is 2.03. The van der Waals surface area contributed by atoms with Crippen LogP contribution in [0.1, 0.15) is 12.5 Å². The first kappa shape index (κ1) is 13.0. The number of nitro groups is 1. The molecule has 0 aliphatic rings. The lowest BCUT2D eigenvalue weighted by molar-refractivity contribution is -0.384. The molecule has 0 saturated carbocycles. The zero-order valence-corrected chi connectivity index (χ0v) is 10.0. The maximum Gasteiger partial charge on any atom is 0.270 e. The maximum absolute atomic E-state index is 10.5. The van der Waals surface area contributed by atoms with Gasteiger partial charge in [0.25, 0.3) is 5.69 Å². The number of non-ortho nitro benzene ring substituents is 1. The first-order chi connectivity index (χ1) is 8.13. The Kier molecular flexibility index (Phi) is 5.02. The number of hydrogen-bond donors (Lipinski definition) is 2. The number of nitro benzene ring substituents is 1. The number of hydrazone groups is 1. The molecule has 17 heavy (non-hydrogen) atoms. The van der Waals surface area contributed by atoms with E-state index in [9.17, 15) is 10.1 Å². The van der Waals surface area contributed by atoms with Gasteiger partial charge in [-0.2, -0.15) is 5.10 Å². The lowest BCUT2D eigenvalue weighted by atomic mass is 10.2. The zero-order chi connectivity index (χ0) is 12.7. The number of thiocarbonyl (C=S) groups is 1. The molecule has 0 heterocycles. The van der Waals surface area contributed by atoms with Crippen LogP contribution in [-0.4, -0.2) is 22.8 Å². The van der Waals surface area contributed by atoms with Crippen molar-refractivity contribution in [1.29, 1.82) is 0 Å². The number of rotatable bonds is 4. The molecule has 0 unspecified atom stereocenters. The maximum atomic E-state index is 10.5. The van der Waals surface area contributed by atoms with E-state index in [0.717, 1.165) is 0 Å². The molecule has 0 radical (unpaired) electrons. The molecule has 1 rings (SSSR count). The third kappa shape index (κ3) is 4.56. The molecule has 0 atom stereocenters. The van der Waals surface area contributed by atoms with Crippen molar-refractivity contribution in [1.82, 2.24) is 10.7 Å². The topological polar surface area (TPSA) is 79.6 Å². The van der Waals surface area contributed by atoms with E-state index >= 15 is 0 Å². The van der Waals surface area contributed by atoms with E-state index < -0.39 is 4.92 Å². The highest BCUT2D eigenvalue weighted by Crippen LogP contribution is 2.11. The zero-order valence-electron chi connectivity index (χ0n) is 9.21. The van der Waals surface area contributed by atoms with Gasteiger partial charge in [0, 0.05) is 24.2 Å². The van der Waals surface area contributed by atoms with E-state index in [1.807, 2.05) is 6.92 Å². The molecule has 6 nitrogen and oxygen atoms in total. The average molecular weight is 252 g/mol. The lowest BCUT2D eigenvalue weighted by Crippen LogP contribution is -2.31. The normalized spacial score (nSPS) is 10.2. The van der Waals surface area contributed by atoms with Crippen LogP contribution in [0, 0.1) is 10.1 Å². The molecule has 0 saturated heterocycles. The summed E-state index contributed by atoms with van der Waals surface area (Å²) >= 11 is 4.89. The van der Waals surface area contributed by atoms with Gasteiger partial charge in [-0.3, -0.25) is 15.5 Å². The Morgan fingerprint density at radius 1 is 1.65 bits per heavy atom. The molecule has 7 heteroatoms. The highest BCUT2D eigenvalue weighted by molar-refractivity contribution is 7.80. The molecule has 0 aliphatic heterocycles. The Balaban J connectivity index is 2.62. The molecular formula is C10H12N4O2S. The molecule has 1 aromatic rings. The van der Waals surface area contributed by atoms with Gasteiger partial charge in [-0.15, -0.1) is 0 Å². The molecule has 0 spiro atoms. The molecule has 0 fully saturated rings. The van der Waals surface area contributed by atoms with Gasteiger partial charge in [0.05, 0.1) is 11.1 Å². The number of nitrogens with zero attached hydrogens (tertiary/aromatic N) is 2. The Morgan fingerprint density at radius 2 is 2.41 bits per heavy atom. The summed E-state index contributed by atoms with van der Waals surface area (Å²) in [7, 11) is 0. The van der Waals surface area contributed by atoms with Crippen LogP contribution in [0.2, 0.25) is 0 Å². The van der Waals surface area contributed by atoms with E-state index in [0.29, 0.717) is 17.2 Å². The Bertz CT molecular complexity index is 448. The predicted molar refractivity (Wildman–Crippen MR) is 70.1 cm³/mol. The van der Waals surface area contributed by atoms with Gasteiger partial charge >= 0.3 is 0 Å². The SMILES string of the molecule is CCNC(=S)N/N=C\c1cccc([N+](=O)[O-])c1. The summed E-state index contributed by atoms with van der Waals surface area (Å²) < 4.78 is 0. The first-order valence-corrected chi connectivity index (χ1v) is 5.35. The average Bonchev–Trinajstić information content (AvgIpc) is 2.30. The van der Waals surface area contributed by atoms with E-state index in [1.165, 1.54) is 18.3 Å². The lowest BCUT2D eigenvalue weighted by Gasteiger charge is -2.02. The van der Waals surface area contributed by atoms with Crippen LogP contribution < -0.4 is 10.7 Å². The van der Waals surface area contributed by atoms with Crippen LogP contribution in [-0.2, 0) is 0 Å². The van der Waals surface area contributed by atoms with Crippen molar-refractivity contribution >= 4 is 29.2 Å². The summed E-state index contributed by atoms with van der Waals surface area (Å²) in [6, 6.07) is 6.17. The molecule has 0 aromatic heterocycles. The molecule has 0 bridgehead atoms. The van der Waals surface area contributed by atoms with Crippen molar-refractivity contribution in [2.45, 2.75) is 6.92 Å². The predicted octanol–water partition coefficient (Wildman–Crippen LogP) is 1.41. The van der Waals surface area contributed by atoms with Crippen molar-refractivity contribution in [3.63, 3.8) is 0 Å². The quantitative estimate of drug-likeness (QED) is 0.366. The fourth-order valence-corrected chi connectivity index (χ4v) is 1.28. The monoisotopic (exact) mass is 252 g/mol. The minimum absolute atomic E-state index is 0.0307. The smallest absolute Gasteiger partial charge is 0.270 e. The van der Waals surface area contributed by atoms with Crippen LogP contribution in [0.4, 0.5) is 5.69 Å². The molecule has 0 aliphatic carbocycles. The van der Waals surface area contributed by atoms with Crippen molar-refractivity contribution in [2.24, 2.45) is 5.10 Å². The summed E-state index contributed by atoms with van der Waals surface area (Å²) in [5.41, 5.74) is 3.26.